The minimum Gasteiger partial charge on any atom is -0.507 e. The Hall–Kier alpha value is -0.550. The number of carbonyl (C=O) groups excluding carboxylic acids is 1. The first-order valence-electron chi connectivity index (χ1n) is 5.91. The number of hydrogen-bond acceptors (Lipinski definition) is 2. The Morgan fingerprint density at radius 3 is 2.83 bits per heavy atom. The predicted molar refractivity (Wildman–Crippen MR) is 78.2 cm³/mol. The smallest absolute Gasteiger partial charge is 0.257 e. The minimum atomic E-state index is -0.101. The Kier molecular flexibility index (Phi) is 4.33. The molecule has 0 radical (unpaired) electrons. The first kappa shape index (κ1) is 13.9. The van der Waals surface area contributed by atoms with Crippen molar-refractivity contribution < 1.29 is 9.90 Å². The number of nitrogens with zero attached hydrogens (tertiary/aromatic N) is 1. The molecular formula is C13H15Br2NO2. The number of benzene rings is 1. The van der Waals surface area contributed by atoms with Crippen LogP contribution in [0.5, 0.6) is 5.75 Å². The summed E-state index contributed by atoms with van der Waals surface area (Å²) >= 11 is 6.87. The molecule has 1 aliphatic heterocycles. The highest BCUT2D eigenvalue weighted by atomic mass is 79.9. The summed E-state index contributed by atoms with van der Waals surface area (Å²) in [6.45, 7) is 3.62. The molecule has 1 fully saturated rings. The third-order valence-corrected chi connectivity index (χ3v) is 5.03. The Balaban J connectivity index is 2.16. The van der Waals surface area contributed by atoms with Gasteiger partial charge in [0.25, 0.3) is 5.91 Å². The van der Waals surface area contributed by atoms with E-state index in [1.807, 2.05) is 0 Å². The van der Waals surface area contributed by atoms with Gasteiger partial charge in [0, 0.05) is 22.4 Å². The van der Waals surface area contributed by atoms with Crippen LogP contribution in [-0.4, -0.2) is 33.8 Å². The van der Waals surface area contributed by atoms with E-state index in [1.54, 1.807) is 23.1 Å². The molecule has 2 atom stereocenters. The van der Waals surface area contributed by atoms with E-state index in [2.05, 4.69) is 38.8 Å². The molecule has 1 saturated heterocycles. The number of alkyl halides is 1. The fourth-order valence-corrected chi connectivity index (χ4v) is 3.03. The van der Waals surface area contributed by atoms with Gasteiger partial charge in [0.1, 0.15) is 5.75 Å². The van der Waals surface area contributed by atoms with Crippen molar-refractivity contribution in [2.45, 2.75) is 18.2 Å². The summed E-state index contributed by atoms with van der Waals surface area (Å²) in [6, 6.07) is 4.97. The number of piperidine rings is 1. The molecule has 3 nitrogen and oxygen atoms in total. The maximum Gasteiger partial charge on any atom is 0.257 e. The summed E-state index contributed by atoms with van der Waals surface area (Å²) in [7, 11) is 0. The Labute approximate surface area is 123 Å². The molecule has 1 aromatic rings. The normalized spacial score (nSPS) is 24.1. The van der Waals surface area contributed by atoms with Crippen molar-refractivity contribution in [1.29, 1.82) is 0 Å². The van der Waals surface area contributed by atoms with E-state index < -0.39 is 0 Å². The predicted octanol–water partition coefficient (Wildman–Crippen LogP) is 3.40. The van der Waals surface area contributed by atoms with Crippen LogP contribution in [0.15, 0.2) is 22.7 Å². The quantitative estimate of drug-likeness (QED) is 0.763. The second-order valence-corrected chi connectivity index (χ2v) is 6.79. The molecule has 1 amide bonds. The first-order valence-corrected chi connectivity index (χ1v) is 7.61. The molecule has 0 aromatic heterocycles. The van der Waals surface area contributed by atoms with Gasteiger partial charge in [-0.3, -0.25) is 4.79 Å². The standard InChI is InChI=1S/C13H15Br2NO2/c1-8-4-5-16(7-11(8)15)13(18)10-3-2-9(14)6-12(10)17/h2-3,6,8,11,17H,4-5,7H2,1H3. The fraction of sp³-hybridized carbons (Fsp3) is 0.462. The number of carbonyl (C=O) groups is 1. The number of aromatic hydroxyl groups is 1. The van der Waals surface area contributed by atoms with Crippen molar-refractivity contribution in [1.82, 2.24) is 4.90 Å². The topological polar surface area (TPSA) is 40.5 Å². The zero-order chi connectivity index (χ0) is 13.3. The highest BCUT2D eigenvalue weighted by Crippen LogP contribution is 2.27. The maximum absolute atomic E-state index is 12.3. The Morgan fingerprint density at radius 2 is 2.22 bits per heavy atom. The molecule has 0 spiro atoms. The van der Waals surface area contributed by atoms with Gasteiger partial charge < -0.3 is 10.0 Å². The lowest BCUT2D eigenvalue weighted by Crippen LogP contribution is -2.43. The minimum absolute atomic E-state index is 0.0270. The summed E-state index contributed by atoms with van der Waals surface area (Å²) in [5.41, 5.74) is 0.368. The molecule has 2 rings (SSSR count). The van der Waals surface area contributed by atoms with Crippen molar-refractivity contribution in [3.63, 3.8) is 0 Å². The molecule has 1 heterocycles. The van der Waals surface area contributed by atoms with E-state index in [9.17, 15) is 9.90 Å². The fourth-order valence-electron chi connectivity index (χ4n) is 2.06. The van der Waals surface area contributed by atoms with Crippen LogP contribution in [-0.2, 0) is 0 Å². The lowest BCUT2D eigenvalue weighted by atomic mass is 9.98. The summed E-state index contributed by atoms with van der Waals surface area (Å²) in [6.07, 6.45) is 0.985. The van der Waals surface area contributed by atoms with Crippen LogP contribution in [0, 0.1) is 5.92 Å². The van der Waals surface area contributed by atoms with E-state index >= 15 is 0 Å². The first-order chi connectivity index (χ1) is 8.49. The molecule has 5 heteroatoms. The lowest BCUT2D eigenvalue weighted by molar-refractivity contribution is 0.0703. The molecule has 1 N–H and O–H groups in total. The number of hydrogen-bond donors (Lipinski definition) is 1. The van der Waals surface area contributed by atoms with Gasteiger partial charge in [0.2, 0.25) is 0 Å². The number of halogens is 2. The van der Waals surface area contributed by atoms with E-state index in [1.165, 1.54) is 0 Å². The van der Waals surface area contributed by atoms with E-state index in [0.29, 0.717) is 22.9 Å². The molecule has 98 valence electrons. The highest BCUT2D eigenvalue weighted by molar-refractivity contribution is 9.10. The second-order valence-electron chi connectivity index (χ2n) is 4.69. The van der Waals surface area contributed by atoms with Crippen molar-refractivity contribution in [2.24, 2.45) is 5.92 Å². The molecular weight excluding hydrogens is 362 g/mol. The number of phenols is 1. The van der Waals surface area contributed by atoms with Crippen LogP contribution in [0.25, 0.3) is 0 Å². The lowest BCUT2D eigenvalue weighted by Gasteiger charge is -2.34. The highest BCUT2D eigenvalue weighted by Gasteiger charge is 2.28. The molecule has 1 aliphatic rings. The van der Waals surface area contributed by atoms with Crippen molar-refractivity contribution in [2.75, 3.05) is 13.1 Å². The average Bonchev–Trinajstić information content (AvgIpc) is 2.32. The number of likely N-dealkylation sites (tertiary alicyclic amines) is 1. The van der Waals surface area contributed by atoms with E-state index in [-0.39, 0.29) is 11.7 Å². The number of amides is 1. The maximum atomic E-state index is 12.3. The van der Waals surface area contributed by atoms with E-state index in [4.69, 9.17) is 0 Å². The van der Waals surface area contributed by atoms with Crippen LogP contribution in [0.3, 0.4) is 0 Å². The summed E-state index contributed by atoms with van der Waals surface area (Å²) in [4.78, 5) is 14.4. The monoisotopic (exact) mass is 375 g/mol. The number of rotatable bonds is 1. The van der Waals surface area contributed by atoms with Crippen molar-refractivity contribution in [3.05, 3.63) is 28.2 Å². The van der Waals surface area contributed by atoms with Gasteiger partial charge in [-0.1, -0.05) is 38.8 Å². The van der Waals surface area contributed by atoms with Crippen LogP contribution >= 0.6 is 31.9 Å². The third-order valence-electron chi connectivity index (χ3n) is 3.34. The summed E-state index contributed by atoms with van der Waals surface area (Å²) < 4.78 is 0.766. The second kappa shape index (κ2) is 5.61. The van der Waals surface area contributed by atoms with Crippen molar-refractivity contribution >= 4 is 37.8 Å². The molecule has 0 saturated carbocycles. The molecule has 1 aromatic carbocycles. The molecule has 2 unspecified atom stereocenters. The van der Waals surface area contributed by atoms with Crippen LogP contribution in [0.2, 0.25) is 0 Å². The largest absolute Gasteiger partial charge is 0.507 e. The van der Waals surface area contributed by atoms with Gasteiger partial charge in [-0.2, -0.15) is 0 Å². The average molecular weight is 377 g/mol. The van der Waals surface area contributed by atoms with Crippen LogP contribution < -0.4 is 0 Å². The summed E-state index contributed by atoms with van der Waals surface area (Å²) in [5.74, 6) is 0.503. The zero-order valence-corrected chi connectivity index (χ0v) is 13.2. The SMILES string of the molecule is CC1CCN(C(=O)c2ccc(Br)cc2O)CC1Br. The van der Waals surface area contributed by atoms with Crippen LogP contribution in [0.1, 0.15) is 23.7 Å². The van der Waals surface area contributed by atoms with Gasteiger partial charge in [-0.05, 0) is 30.5 Å². The van der Waals surface area contributed by atoms with Gasteiger partial charge >= 0.3 is 0 Å². The summed E-state index contributed by atoms with van der Waals surface area (Å²) in [5, 5.41) is 9.82. The Bertz CT molecular complexity index is 464. The number of phenolic OH excluding ortho intramolecular Hbond substituents is 1. The van der Waals surface area contributed by atoms with Gasteiger partial charge in [-0.25, -0.2) is 0 Å². The molecule has 18 heavy (non-hydrogen) atoms. The molecule has 0 aliphatic carbocycles. The molecule has 0 bridgehead atoms. The third kappa shape index (κ3) is 2.88. The zero-order valence-electron chi connectivity index (χ0n) is 10.1. The van der Waals surface area contributed by atoms with Gasteiger partial charge in [0.15, 0.2) is 0 Å². The Morgan fingerprint density at radius 1 is 1.50 bits per heavy atom. The van der Waals surface area contributed by atoms with Gasteiger partial charge in [0.05, 0.1) is 5.56 Å². The van der Waals surface area contributed by atoms with Crippen molar-refractivity contribution in [3.8, 4) is 5.75 Å². The van der Waals surface area contributed by atoms with Gasteiger partial charge in [-0.15, -0.1) is 0 Å². The van der Waals surface area contributed by atoms with E-state index in [0.717, 1.165) is 17.4 Å². The van der Waals surface area contributed by atoms with Crippen LogP contribution in [0.4, 0.5) is 0 Å².